The van der Waals surface area contributed by atoms with E-state index in [0.29, 0.717) is 25.9 Å². The fraction of sp³-hybridized carbons (Fsp3) is 0.639. The molecule has 5 amide bonds. The molecule has 1 aromatic carbocycles. The van der Waals surface area contributed by atoms with Gasteiger partial charge in [-0.25, -0.2) is 18.0 Å². The van der Waals surface area contributed by atoms with Crippen LogP contribution in [-0.2, 0) is 47.0 Å². The molecule has 1 aromatic rings. The van der Waals surface area contributed by atoms with Gasteiger partial charge in [0.2, 0.25) is 21.8 Å². The summed E-state index contributed by atoms with van der Waals surface area (Å²) in [7, 11) is -4.10. The fourth-order valence-corrected chi connectivity index (χ4v) is 7.39. The number of alkyl carbamates (subject to hydrolysis) is 1. The van der Waals surface area contributed by atoms with E-state index >= 15 is 0 Å². The van der Waals surface area contributed by atoms with E-state index < -0.39 is 79.9 Å². The Morgan fingerprint density at radius 3 is 2.27 bits per heavy atom. The van der Waals surface area contributed by atoms with Gasteiger partial charge in [0.15, 0.2) is 0 Å². The topological polar surface area (TPSA) is 181 Å². The van der Waals surface area contributed by atoms with Crippen molar-refractivity contribution in [2.24, 2.45) is 5.92 Å². The van der Waals surface area contributed by atoms with Gasteiger partial charge < -0.3 is 25.0 Å². The number of carbonyl (C=O) groups is 5. The van der Waals surface area contributed by atoms with Crippen molar-refractivity contribution in [2.45, 2.75) is 134 Å². The molecule has 0 aromatic heterocycles. The zero-order valence-corrected chi connectivity index (χ0v) is 31.1. The summed E-state index contributed by atoms with van der Waals surface area (Å²) in [5.41, 5.74) is -0.376. The lowest BCUT2D eigenvalue weighted by Crippen LogP contribution is -2.59. The predicted molar refractivity (Wildman–Crippen MR) is 187 cm³/mol. The van der Waals surface area contributed by atoms with E-state index in [9.17, 15) is 32.4 Å². The Morgan fingerprint density at radius 2 is 1.65 bits per heavy atom. The minimum absolute atomic E-state index is 0.0677. The van der Waals surface area contributed by atoms with Crippen molar-refractivity contribution < 1.29 is 41.9 Å². The lowest BCUT2D eigenvalue weighted by atomic mass is 10.0. The highest BCUT2D eigenvalue weighted by atomic mass is 32.2. The van der Waals surface area contributed by atoms with Gasteiger partial charge in [-0.2, -0.15) is 0 Å². The Hall–Kier alpha value is -4.14. The predicted octanol–water partition coefficient (Wildman–Crippen LogP) is 3.64. The van der Waals surface area contributed by atoms with Crippen LogP contribution in [0.15, 0.2) is 36.4 Å². The van der Waals surface area contributed by atoms with E-state index in [1.165, 1.54) is 25.7 Å². The Kier molecular flexibility index (Phi) is 10.8. The molecular weight excluding hydrogens is 678 g/mol. The molecule has 3 N–H and O–H groups in total. The number of rotatable bonds is 4. The molecule has 3 aliphatic heterocycles. The quantitative estimate of drug-likeness (QED) is 0.390. The summed E-state index contributed by atoms with van der Waals surface area (Å²) in [5.74, 6) is -2.58. The third-order valence-corrected chi connectivity index (χ3v) is 11.8. The minimum Gasteiger partial charge on any atom is -0.444 e. The Balaban J connectivity index is 1.42. The first-order chi connectivity index (χ1) is 23.8. The summed E-state index contributed by atoms with van der Waals surface area (Å²) >= 11 is 0. The number of carbonyl (C=O) groups excluding carboxylic acids is 5. The number of hydrogen-bond donors (Lipinski definition) is 3. The second-order valence-electron chi connectivity index (χ2n) is 16.0. The molecule has 51 heavy (non-hydrogen) atoms. The van der Waals surface area contributed by atoms with Crippen molar-refractivity contribution in [3.63, 3.8) is 0 Å². The highest BCUT2D eigenvalue weighted by Gasteiger charge is 2.62. The molecular formula is C36H51N5O9S. The van der Waals surface area contributed by atoms with E-state index in [1.54, 1.807) is 25.7 Å². The Morgan fingerprint density at radius 1 is 0.980 bits per heavy atom. The summed E-state index contributed by atoms with van der Waals surface area (Å²) in [6.45, 7) is 10.1. The smallest absolute Gasteiger partial charge is 0.410 e. The van der Waals surface area contributed by atoms with Crippen molar-refractivity contribution >= 4 is 39.9 Å². The van der Waals surface area contributed by atoms with Crippen molar-refractivity contribution in [2.75, 3.05) is 6.54 Å². The van der Waals surface area contributed by atoms with Crippen LogP contribution in [0.3, 0.4) is 0 Å². The first-order valence-corrected chi connectivity index (χ1v) is 19.2. The molecule has 15 heteroatoms. The first kappa shape index (κ1) is 38.1. The van der Waals surface area contributed by atoms with E-state index in [2.05, 4.69) is 15.4 Å². The molecule has 3 heterocycles. The molecule has 1 aliphatic carbocycles. The molecule has 0 spiro atoms. The number of ether oxygens (including phenoxy) is 2. The van der Waals surface area contributed by atoms with Crippen molar-refractivity contribution in [3.05, 3.63) is 47.5 Å². The van der Waals surface area contributed by atoms with E-state index in [1.807, 2.05) is 36.4 Å². The van der Waals surface area contributed by atoms with E-state index in [0.717, 1.165) is 24.0 Å². The zero-order valence-electron chi connectivity index (χ0n) is 30.3. The van der Waals surface area contributed by atoms with Gasteiger partial charge in [0, 0.05) is 25.4 Å². The molecule has 0 bridgehead atoms. The molecule has 1 saturated heterocycles. The lowest BCUT2D eigenvalue weighted by molar-refractivity contribution is -0.141. The van der Waals surface area contributed by atoms with Gasteiger partial charge in [0.25, 0.3) is 5.91 Å². The molecule has 0 unspecified atom stereocenters. The molecule has 2 fully saturated rings. The lowest BCUT2D eigenvalue weighted by Gasteiger charge is -2.30. The maximum absolute atomic E-state index is 14.3. The molecule has 1 saturated carbocycles. The number of fused-ring (bicyclic) bond motifs is 3. The standard InChI is InChI=1S/C36H51N5O9S/c1-34(2,3)50-32(45)37-27-17-11-9-7-8-10-16-25-19-36(25,31(44)39-51(47,48)35(4,5)6)38-29(42)28-18-26(22-41(28)30(27)43)49-33(46)40-20-23-14-12-13-15-24(23)21-40/h10,12-16,25-28H,7-9,11,17-22H2,1-6H3,(H,37,45)(H,38,42)(H,39,44)/b16-10-/t25-,26+,27-,28-,36+/m0/s1. The van der Waals surface area contributed by atoms with Crippen LogP contribution < -0.4 is 15.4 Å². The van der Waals surface area contributed by atoms with E-state index in [4.69, 9.17) is 9.47 Å². The van der Waals surface area contributed by atoms with Gasteiger partial charge in [0.05, 0.1) is 11.3 Å². The zero-order chi connectivity index (χ0) is 37.4. The van der Waals surface area contributed by atoms with Gasteiger partial charge in [0.1, 0.15) is 29.3 Å². The molecule has 14 nitrogen and oxygen atoms in total. The average molecular weight is 730 g/mol. The van der Waals surface area contributed by atoms with Gasteiger partial charge in [-0.05, 0) is 78.4 Å². The van der Waals surface area contributed by atoms with Crippen molar-refractivity contribution in [3.8, 4) is 0 Å². The Labute approximate surface area is 300 Å². The second kappa shape index (κ2) is 14.5. The maximum atomic E-state index is 14.3. The minimum atomic E-state index is -4.10. The van der Waals surface area contributed by atoms with Crippen LogP contribution >= 0.6 is 0 Å². The maximum Gasteiger partial charge on any atom is 0.410 e. The number of allylic oxidation sites excluding steroid dienone is 1. The number of amides is 5. The van der Waals surface area contributed by atoms with Crippen molar-refractivity contribution in [1.82, 2.24) is 25.2 Å². The SMILES string of the molecule is CC(C)(C)OC(=O)N[C@H]1CCCCC/C=C\[C@H]2C[C@@]2(C(=O)NS(=O)(=O)C(C)(C)C)NC(=O)[C@@H]2C[C@@H](OC(=O)N3Cc4ccccc4C3)CN2C1=O. The number of hydrogen-bond acceptors (Lipinski definition) is 9. The average Bonchev–Trinajstić information content (AvgIpc) is 3.33. The number of nitrogens with zero attached hydrogens (tertiary/aromatic N) is 2. The molecule has 5 rings (SSSR count). The normalized spacial score (nSPS) is 27.8. The van der Waals surface area contributed by atoms with Crippen LogP contribution in [0.1, 0.15) is 97.6 Å². The van der Waals surface area contributed by atoms with Gasteiger partial charge in [-0.3, -0.25) is 24.0 Å². The van der Waals surface area contributed by atoms with Crippen LogP contribution in [-0.4, -0.2) is 88.7 Å². The first-order valence-electron chi connectivity index (χ1n) is 17.7. The van der Waals surface area contributed by atoms with Crippen LogP contribution in [0.2, 0.25) is 0 Å². The van der Waals surface area contributed by atoms with Crippen LogP contribution in [0.5, 0.6) is 0 Å². The van der Waals surface area contributed by atoms with Gasteiger partial charge in [-0.15, -0.1) is 0 Å². The van der Waals surface area contributed by atoms with Crippen LogP contribution in [0.25, 0.3) is 0 Å². The van der Waals surface area contributed by atoms with Gasteiger partial charge in [-0.1, -0.05) is 49.3 Å². The summed E-state index contributed by atoms with van der Waals surface area (Å²) in [6.07, 6.45) is 4.65. The summed E-state index contributed by atoms with van der Waals surface area (Å²) < 4.78 is 38.2. The summed E-state index contributed by atoms with van der Waals surface area (Å²) in [4.78, 5) is 71.3. The highest BCUT2D eigenvalue weighted by Crippen LogP contribution is 2.46. The Bertz CT molecular complexity index is 1660. The molecule has 5 atom stereocenters. The molecule has 4 aliphatic rings. The third-order valence-electron chi connectivity index (χ3n) is 9.74. The van der Waals surface area contributed by atoms with E-state index in [-0.39, 0.29) is 25.8 Å². The number of nitrogens with one attached hydrogen (secondary N) is 3. The largest absolute Gasteiger partial charge is 0.444 e. The van der Waals surface area contributed by atoms with Gasteiger partial charge >= 0.3 is 12.2 Å². The molecule has 0 radical (unpaired) electrons. The summed E-state index contributed by atoms with van der Waals surface area (Å²) in [6, 6.07) is 5.44. The van der Waals surface area contributed by atoms with Crippen LogP contribution in [0.4, 0.5) is 9.59 Å². The summed E-state index contributed by atoms with van der Waals surface area (Å²) in [5, 5.41) is 5.50. The number of sulfonamides is 1. The third kappa shape index (κ3) is 8.85. The van der Waals surface area contributed by atoms with Crippen molar-refractivity contribution in [1.29, 1.82) is 0 Å². The van der Waals surface area contributed by atoms with Crippen LogP contribution in [0, 0.1) is 5.92 Å². The number of benzene rings is 1. The second-order valence-corrected chi connectivity index (χ2v) is 18.4. The molecule has 280 valence electrons. The highest BCUT2D eigenvalue weighted by molar-refractivity contribution is 7.91. The monoisotopic (exact) mass is 729 g/mol. The fourth-order valence-electron chi connectivity index (χ4n) is 6.66.